The Morgan fingerprint density at radius 1 is 1.03 bits per heavy atom. The van der Waals surface area contributed by atoms with E-state index in [4.69, 9.17) is 24.7 Å². The van der Waals surface area contributed by atoms with E-state index in [1.807, 2.05) is 6.92 Å². The zero-order valence-corrected chi connectivity index (χ0v) is 34.5. The molecule has 1 aromatic carbocycles. The monoisotopic (exact) mass is 859 g/mol. The number of rotatable bonds is 24. The van der Waals surface area contributed by atoms with E-state index < -0.39 is 77.6 Å². The summed E-state index contributed by atoms with van der Waals surface area (Å²) in [5.74, 6) is -2.23. The number of allylic oxidation sites excluding steroid dienone is 1. The Balaban J connectivity index is 1.39. The van der Waals surface area contributed by atoms with Gasteiger partial charge in [0.2, 0.25) is 23.7 Å². The van der Waals surface area contributed by atoms with Crippen molar-refractivity contribution in [3.63, 3.8) is 0 Å². The zero-order valence-electron chi connectivity index (χ0n) is 34.5. The fourth-order valence-electron chi connectivity index (χ4n) is 6.47. The average Bonchev–Trinajstić information content (AvgIpc) is 3.65. The Morgan fingerprint density at radius 2 is 1.75 bits per heavy atom. The molecule has 61 heavy (non-hydrogen) atoms. The number of unbranched alkanes of at least 4 members (excludes halogenated alkanes) is 1. The normalized spacial score (nSPS) is 18.4. The summed E-state index contributed by atoms with van der Waals surface area (Å²) in [7, 11) is 0. The van der Waals surface area contributed by atoms with Crippen LogP contribution in [0.15, 0.2) is 46.5 Å². The zero-order chi connectivity index (χ0) is 44.6. The number of benzene rings is 1. The maximum atomic E-state index is 13.5. The van der Waals surface area contributed by atoms with Crippen LogP contribution < -0.4 is 38.2 Å². The highest BCUT2D eigenvalue weighted by Crippen LogP contribution is 2.32. The third-order valence-corrected chi connectivity index (χ3v) is 9.60. The fraction of sp³-hybridized carbons (Fsp3) is 0.564. The van der Waals surface area contributed by atoms with E-state index in [9.17, 15) is 44.1 Å². The number of aromatic nitrogens is 4. The van der Waals surface area contributed by atoms with Crippen LogP contribution in [0.25, 0.3) is 11.2 Å². The number of carbonyl (C=O) groups excluding carboxylic acids is 4. The number of nitrogens with zero attached hydrogens (tertiary/aromatic N) is 3. The van der Waals surface area contributed by atoms with Crippen molar-refractivity contribution in [2.45, 2.75) is 96.2 Å². The van der Waals surface area contributed by atoms with Gasteiger partial charge < -0.3 is 56.0 Å². The Labute approximate surface area is 350 Å². The second kappa shape index (κ2) is 23.5. The molecule has 1 aliphatic heterocycles. The number of aliphatic hydroxyl groups excluding tert-OH is 3. The molecule has 2 aromatic heterocycles. The molecule has 1 saturated heterocycles. The number of H-pyrrole nitrogens is 1. The second-order valence-electron chi connectivity index (χ2n) is 14.5. The number of ether oxygens (including phenoxy) is 4. The summed E-state index contributed by atoms with van der Waals surface area (Å²) in [6.07, 6.45) is -3.82. The number of aliphatic hydroxyl groups is 3. The molecule has 0 radical (unpaired) electrons. The first-order chi connectivity index (χ1) is 29.2. The standard InChI is InChI=1S/C39H57N9O13/c1-5-16-47-29-32(48(39(47)57)36-31(52)30(51)26(61-36)14-17-49)44-37(45-35(29)55)46-38(56)60-20-23-10-12-24(13-11-23)41-33(53)25(9-7-8-15-40)42-34(54)28(22(3)4)43-27(50)21-59-19-18-58-6-2/h5,10-13,22,25-26,28,30-31,36,49,51-52H,1,6-9,14-21,40H2,2-4H3,(H,41,53)(H,42,54)(H,43,50)(H2,44,45,46,55,56)/t25-,26+,28?,30+,31+,36+/m0/s1. The van der Waals surface area contributed by atoms with Crippen LogP contribution in [0.4, 0.5) is 16.4 Å². The van der Waals surface area contributed by atoms with Crippen LogP contribution in [0, 0.1) is 5.92 Å². The smallest absolute Gasteiger partial charge is 0.414 e. The summed E-state index contributed by atoms with van der Waals surface area (Å²) in [4.78, 5) is 85.4. The molecule has 22 heteroatoms. The van der Waals surface area contributed by atoms with Gasteiger partial charge in [-0.05, 0) is 62.8 Å². The molecule has 6 atom stereocenters. The van der Waals surface area contributed by atoms with Gasteiger partial charge in [0.15, 0.2) is 17.4 Å². The predicted octanol–water partition coefficient (Wildman–Crippen LogP) is -0.431. The highest BCUT2D eigenvalue weighted by Gasteiger charge is 2.45. The Morgan fingerprint density at radius 3 is 2.41 bits per heavy atom. The predicted molar refractivity (Wildman–Crippen MR) is 220 cm³/mol. The number of hydrogen-bond donors (Lipinski definition) is 9. The number of carbonyl (C=O) groups is 4. The summed E-state index contributed by atoms with van der Waals surface area (Å²) in [5, 5.41) is 41.1. The summed E-state index contributed by atoms with van der Waals surface area (Å²) in [6.45, 7) is 9.45. The lowest BCUT2D eigenvalue weighted by molar-refractivity contribution is -0.134. The molecule has 1 unspecified atom stereocenters. The van der Waals surface area contributed by atoms with Crippen molar-refractivity contribution in [1.29, 1.82) is 0 Å². The van der Waals surface area contributed by atoms with E-state index >= 15 is 0 Å². The minimum absolute atomic E-state index is 0.0372. The Bertz CT molecular complexity index is 2070. The summed E-state index contributed by atoms with van der Waals surface area (Å²) < 4.78 is 23.4. The molecular formula is C39H57N9O13. The van der Waals surface area contributed by atoms with Crippen LogP contribution in [-0.4, -0.2) is 128 Å². The van der Waals surface area contributed by atoms with E-state index in [1.165, 1.54) is 6.08 Å². The van der Waals surface area contributed by atoms with Gasteiger partial charge in [0.25, 0.3) is 5.56 Å². The lowest BCUT2D eigenvalue weighted by Gasteiger charge is -2.25. The van der Waals surface area contributed by atoms with Crippen molar-refractivity contribution in [3.8, 4) is 0 Å². The first-order valence-electron chi connectivity index (χ1n) is 20.0. The van der Waals surface area contributed by atoms with E-state index in [1.54, 1.807) is 38.1 Å². The minimum Gasteiger partial charge on any atom is -0.444 e. The molecule has 0 saturated carbocycles. The highest BCUT2D eigenvalue weighted by atomic mass is 16.6. The lowest BCUT2D eigenvalue weighted by Crippen LogP contribution is -2.55. The molecule has 336 valence electrons. The highest BCUT2D eigenvalue weighted by molar-refractivity contribution is 5.98. The molecule has 0 spiro atoms. The topological polar surface area (TPSA) is 313 Å². The number of aromatic amines is 1. The van der Waals surface area contributed by atoms with Crippen molar-refractivity contribution in [2.24, 2.45) is 11.7 Å². The first kappa shape index (κ1) is 48.2. The van der Waals surface area contributed by atoms with Crippen LogP contribution in [0.5, 0.6) is 0 Å². The van der Waals surface area contributed by atoms with E-state index in [-0.39, 0.29) is 62.9 Å². The van der Waals surface area contributed by atoms with Gasteiger partial charge in [-0.2, -0.15) is 4.98 Å². The maximum Gasteiger partial charge on any atom is 0.414 e. The fourth-order valence-corrected chi connectivity index (χ4v) is 6.47. The molecule has 1 fully saturated rings. The van der Waals surface area contributed by atoms with Crippen molar-refractivity contribution >= 4 is 46.6 Å². The summed E-state index contributed by atoms with van der Waals surface area (Å²) in [6, 6.07) is 4.42. The molecule has 0 bridgehead atoms. The summed E-state index contributed by atoms with van der Waals surface area (Å²) >= 11 is 0. The number of hydrogen-bond acceptors (Lipinski definition) is 15. The van der Waals surface area contributed by atoms with Crippen LogP contribution >= 0.6 is 0 Å². The Kier molecular flexibility index (Phi) is 18.6. The van der Waals surface area contributed by atoms with Gasteiger partial charge in [-0.3, -0.25) is 34.0 Å². The van der Waals surface area contributed by atoms with Crippen LogP contribution in [0.3, 0.4) is 0 Å². The molecule has 22 nitrogen and oxygen atoms in total. The van der Waals surface area contributed by atoms with E-state index in [2.05, 4.69) is 37.8 Å². The van der Waals surface area contributed by atoms with Gasteiger partial charge >= 0.3 is 11.8 Å². The molecule has 4 amide bonds. The molecule has 1 aliphatic rings. The quantitative estimate of drug-likeness (QED) is 0.0408. The maximum absolute atomic E-state index is 13.5. The minimum atomic E-state index is -1.62. The van der Waals surface area contributed by atoms with Gasteiger partial charge in [0.05, 0.1) is 19.3 Å². The van der Waals surface area contributed by atoms with Gasteiger partial charge in [0, 0.05) is 25.4 Å². The van der Waals surface area contributed by atoms with Crippen LogP contribution in [0.2, 0.25) is 0 Å². The van der Waals surface area contributed by atoms with Gasteiger partial charge in [-0.1, -0.05) is 32.1 Å². The first-order valence-corrected chi connectivity index (χ1v) is 20.0. The molecule has 0 aliphatic carbocycles. The number of nitrogens with one attached hydrogen (secondary N) is 5. The third-order valence-electron chi connectivity index (χ3n) is 9.60. The van der Waals surface area contributed by atoms with Crippen molar-refractivity contribution in [3.05, 3.63) is 63.3 Å². The number of nitrogens with two attached hydrogens (primary N) is 1. The van der Waals surface area contributed by atoms with Crippen LogP contribution in [-0.2, 0) is 46.5 Å². The Hall–Kier alpha value is -5.49. The molecular weight excluding hydrogens is 802 g/mol. The third kappa shape index (κ3) is 13.0. The average molecular weight is 860 g/mol. The van der Waals surface area contributed by atoms with Gasteiger partial charge in [0.1, 0.15) is 37.5 Å². The number of anilines is 2. The lowest BCUT2D eigenvalue weighted by atomic mass is 10.0. The van der Waals surface area contributed by atoms with Crippen molar-refractivity contribution < 1.29 is 53.4 Å². The largest absolute Gasteiger partial charge is 0.444 e. The van der Waals surface area contributed by atoms with Crippen molar-refractivity contribution in [1.82, 2.24) is 29.7 Å². The van der Waals surface area contributed by atoms with E-state index in [0.29, 0.717) is 43.9 Å². The van der Waals surface area contributed by atoms with Gasteiger partial charge in [-0.25, -0.2) is 14.2 Å². The van der Waals surface area contributed by atoms with Crippen molar-refractivity contribution in [2.75, 3.05) is 50.2 Å². The number of fused-ring (bicyclic) bond motifs is 1. The van der Waals surface area contributed by atoms with Crippen LogP contribution in [0.1, 0.15) is 58.2 Å². The van der Waals surface area contributed by atoms with E-state index in [0.717, 1.165) is 9.13 Å². The van der Waals surface area contributed by atoms with Gasteiger partial charge in [-0.15, -0.1) is 6.58 Å². The number of imidazole rings is 1. The SMILES string of the molecule is C=CCn1c(=O)n([C@@H]2O[C@H](CCO)[C@@H](O)[C@H]2O)c2nc(NC(=O)OCc3ccc(NC(=O)[C@H](CCCCN)NC(=O)C(NC(=O)COCCOCC)C(C)C)cc3)[nH]c(=O)c21. The summed E-state index contributed by atoms with van der Waals surface area (Å²) in [5.41, 5.74) is 4.44. The molecule has 3 heterocycles. The molecule has 3 aromatic rings. The number of amides is 4. The molecule has 4 rings (SSSR count). The second-order valence-corrected chi connectivity index (χ2v) is 14.5. The molecule has 10 N–H and O–H groups in total.